The van der Waals surface area contributed by atoms with Crippen LogP contribution in [0.15, 0.2) is 47.5 Å². The lowest BCUT2D eigenvalue weighted by Gasteiger charge is -2.17. The van der Waals surface area contributed by atoms with E-state index in [1.165, 1.54) is 16.7 Å². The van der Waals surface area contributed by atoms with Crippen LogP contribution in [0.25, 0.3) is 0 Å². The first-order valence-electron chi connectivity index (χ1n) is 10.4. The molecule has 164 valence electrons. The molecule has 0 aromatic heterocycles. The molecule has 0 aliphatic heterocycles. The highest BCUT2D eigenvalue weighted by Crippen LogP contribution is 2.20. The molecule has 0 atom stereocenters. The van der Waals surface area contributed by atoms with E-state index >= 15 is 0 Å². The molecule has 0 saturated carbocycles. The van der Waals surface area contributed by atoms with Crippen molar-refractivity contribution in [2.24, 2.45) is 4.99 Å². The highest BCUT2D eigenvalue weighted by Gasteiger charge is 2.08. The molecule has 2 aromatic carbocycles. The molecule has 0 unspecified atom stereocenters. The Kier molecular flexibility index (Phi) is 10.2. The maximum atomic E-state index is 5.98. The molecule has 0 heterocycles. The van der Waals surface area contributed by atoms with Crippen molar-refractivity contribution < 1.29 is 9.47 Å². The summed E-state index contributed by atoms with van der Waals surface area (Å²) in [6.07, 6.45) is 0.868. The zero-order valence-electron chi connectivity index (χ0n) is 19.0. The standard InChI is InChI=1S/C24H36N4O2/c1-19-11-12-21(23(15-19)30-14-8-13-29-5)17-27-24(25-2)26-16-20-9-6-7-10-22(20)18-28(3)4/h6-7,9-12,15H,8,13-14,16-18H2,1-5H3,(H2,25,26,27). The number of nitrogens with one attached hydrogen (secondary N) is 2. The summed E-state index contributed by atoms with van der Waals surface area (Å²) in [4.78, 5) is 6.55. The molecule has 6 nitrogen and oxygen atoms in total. The summed E-state index contributed by atoms with van der Waals surface area (Å²) in [6.45, 7) is 5.68. The van der Waals surface area contributed by atoms with Gasteiger partial charge in [0.25, 0.3) is 0 Å². The highest BCUT2D eigenvalue weighted by molar-refractivity contribution is 5.79. The van der Waals surface area contributed by atoms with Crippen molar-refractivity contribution in [2.75, 3.05) is 41.5 Å². The number of hydrogen-bond acceptors (Lipinski definition) is 4. The second-order valence-corrected chi connectivity index (χ2v) is 7.59. The van der Waals surface area contributed by atoms with E-state index in [-0.39, 0.29) is 0 Å². The predicted octanol–water partition coefficient (Wildman–Crippen LogP) is 3.34. The predicted molar refractivity (Wildman–Crippen MR) is 124 cm³/mol. The number of hydrogen-bond donors (Lipinski definition) is 2. The highest BCUT2D eigenvalue weighted by atomic mass is 16.5. The average molecular weight is 413 g/mol. The number of benzene rings is 2. The van der Waals surface area contributed by atoms with Gasteiger partial charge in [-0.2, -0.15) is 0 Å². The van der Waals surface area contributed by atoms with Gasteiger partial charge in [0.05, 0.1) is 6.61 Å². The first-order valence-corrected chi connectivity index (χ1v) is 10.4. The Balaban J connectivity index is 1.95. The van der Waals surface area contributed by atoms with E-state index in [0.717, 1.165) is 36.8 Å². The number of aryl methyl sites for hydroxylation is 1. The van der Waals surface area contributed by atoms with E-state index in [2.05, 4.69) is 84.0 Å². The second kappa shape index (κ2) is 12.9. The van der Waals surface area contributed by atoms with Crippen LogP contribution in [-0.4, -0.2) is 52.3 Å². The van der Waals surface area contributed by atoms with Crippen molar-refractivity contribution in [1.82, 2.24) is 15.5 Å². The minimum Gasteiger partial charge on any atom is -0.493 e. The van der Waals surface area contributed by atoms with Crippen LogP contribution in [0.3, 0.4) is 0 Å². The molecule has 0 spiro atoms. The largest absolute Gasteiger partial charge is 0.493 e. The lowest BCUT2D eigenvalue weighted by molar-refractivity contribution is 0.171. The molecular formula is C24H36N4O2. The third-order valence-electron chi connectivity index (χ3n) is 4.69. The molecule has 2 aromatic rings. The second-order valence-electron chi connectivity index (χ2n) is 7.59. The van der Waals surface area contributed by atoms with Gasteiger partial charge in [-0.05, 0) is 43.8 Å². The molecule has 2 rings (SSSR count). The average Bonchev–Trinajstić information content (AvgIpc) is 2.73. The van der Waals surface area contributed by atoms with Crippen molar-refractivity contribution in [1.29, 1.82) is 0 Å². The first-order chi connectivity index (χ1) is 14.5. The third-order valence-corrected chi connectivity index (χ3v) is 4.69. The minimum atomic E-state index is 0.638. The summed E-state index contributed by atoms with van der Waals surface area (Å²) in [7, 11) is 7.67. The van der Waals surface area contributed by atoms with Crippen LogP contribution in [0.2, 0.25) is 0 Å². The summed E-state index contributed by atoms with van der Waals surface area (Å²) < 4.78 is 11.1. The van der Waals surface area contributed by atoms with Crippen LogP contribution < -0.4 is 15.4 Å². The molecule has 0 amide bonds. The first kappa shape index (κ1) is 23.7. The maximum absolute atomic E-state index is 5.98. The maximum Gasteiger partial charge on any atom is 0.191 e. The fourth-order valence-electron chi connectivity index (χ4n) is 3.13. The number of ether oxygens (including phenoxy) is 2. The number of rotatable bonds is 11. The quantitative estimate of drug-likeness (QED) is 0.337. The van der Waals surface area contributed by atoms with Gasteiger partial charge in [0.1, 0.15) is 5.75 Å². The van der Waals surface area contributed by atoms with Crippen LogP contribution in [0.4, 0.5) is 0 Å². The van der Waals surface area contributed by atoms with E-state index in [1.54, 1.807) is 14.2 Å². The summed E-state index contributed by atoms with van der Waals surface area (Å²) >= 11 is 0. The summed E-state index contributed by atoms with van der Waals surface area (Å²) in [5.74, 6) is 1.67. The lowest BCUT2D eigenvalue weighted by atomic mass is 10.1. The van der Waals surface area contributed by atoms with E-state index in [1.807, 2.05) is 0 Å². The molecule has 0 saturated heterocycles. The van der Waals surface area contributed by atoms with Gasteiger partial charge in [-0.3, -0.25) is 4.99 Å². The smallest absolute Gasteiger partial charge is 0.191 e. The van der Waals surface area contributed by atoms with Crippen LogP contribution in [0, 0.1) is 6.92 Å². The molecule has 0 bridgehead atoms. The summed E-state index contributed by atoms with van der Waals surface area (Å²) in [6, 6.07) is 14.8. The van der Waals surface area contributed by atoms with Gasteiger partial charge in [-0.25, -0.2) is 0 Å². The van der Waals surface area contributed by atoms with Crippen LogP contribution in [-0.2, 0) is 24.4 Å². The lowest BCUT2D eigenvalue weighted by Crippen LogP contribution is -2.36. The number of nitrogens with zero attached hydrogens (tertiary/aromatic N) is 2. The Morgan fingerprint density at radius 2 is 1.67 bits per heavy atom. The van der Waals surface area contributed by atoms with Gasteiger partial charge in [-0.15, -0.1) is 0 Å². The van der Waals surface area contributed by atoms with E-state index < -0.39 is 0 Å². The van der Waals surface area contributed by atoms with Gasteiger partial charge >= 0.3 is 0 Å². The minimum absolute atomic E-state index is 0.638. The summed E-state index contributed by atoms with van der Waals surface area (Å²) in [5, 5.41) is 6.82. The van der Waals surface area contributed by atoms with Crippen molar-refractivity contribution in [2.45, 2.75) is 33.0 Å². The molecule has 0 fully saturated rings. The van der Waals surface area contributed by atoms with Gasteiger partial charge < -0.3 is 25.0 Å². The Bertz CT molecular complexity index is 806. The monoisotopic (exact) mass is 412 g/mol. The molecule has 0 radical (unpaired) electrons. The Labute approximate surface area is 181 Å². The Morgan fingerprint density at radius 1 is 0.967 bits per heavy atom. The zero-order valence-corrected chi connectivity index (χ0v) is 19.0. The van der Waals surface area contributed by atoms with Gasteiger partial charge in [0, 0.05) is 52.4 Å². The van der Waals surface area contributed by atoms with Crippen LogP contribution in [0.5, 0.6) is 5.75 Å². The number of aliphatic imine (C=N–C) groups is 1. The Morgan fingerprint density at radius 3 is 2.33 bits per heavy atom. The Hall–Kier alpha value is -2.57. The molecule has 0 aliphatic rings. The van der Waals surface area contributed by atoms with Crippen molar-refractivity contribution >= 4 is 5.96 Å². The summed E-state index contributed by atoms with van der Waals surface area (Å²) in [5.41, 5.74) is 4.87. The van der Waals surface area contributed by atoms with Gasteiger partial charge in [-0.1, -0.05) is 36.4 Å². The van der Waals surface area contributed by atoms with Crippen LogP contribution >= 0.6 is 0 Å². The van der Waals surface area contributed by atoms with E-state index in [0.29, 0.717) is 19.8 Å². The SMILES string of the molecule is CN=C(NCc1ccccc1CN(C)C)NCc1ccc(C)cc1OCCCOC. The van der Waals surface area contributed by atoms with Crippen molar-refractivity contribution in [3.8, 4) is 5.75 Å². The fraction of sp³-hybridized carbons (Fsp3) is 0.458. The fourth-order valence-corrected chi connectivity index (χ4v) is 3.13. The molecule has 2 N–H and O–H groups in total. The van der Waals surface area contributed by atoms with Gasteiger partial charge in [0.15, 0.2) is 5.96 Å². The van der Waals surface area contributed by atoms with E-state index in [9.17, 15) is 0 Å². The third kappa shape index (κ3) is 8.05. The molecule has 6 heteroatoms. The molecule has 30 heavy (non-hydrogen) atoms. The van der Waals surface area contributed by atoms with Gasteiger partial charge in [0.2, 0.25) is 0 Å². The topological polar surface area (TPSA) is 58.1 Å². The van der Waals surface area contributed by atoms with E-state index in [4.69, 9.17) is 9.47 Å². The zero-order chi connectivity index (χ0) is 21.8. The van der Waals surface area contributed by atoms with Crippen molar-refractivity contribution in [3.63, 3.8) is 0 Å². The number of methoxy groups -OCH3 is 1. The van der Waals surface area contributed by atoms with Crippen LogP contribution in [0.1, 0.15) is 28.7 Å². The van der Waals surface area contributed by atoms with Crippen molar-refractivity contribution in [3.05, 3.63) is 64.7 Å². The molecular weight excluding hydrogens is 376 g/mol. The number of guanidine groups is 1. The molecule has 0 aliphatic carbocycles. The normalized spacial score (nSPS) is 11.6.